The van der Waals surface area contributed by atoms with E-state index in [1.165, 1.54) is 5.56 Å². The summed E-state index contributed by atoms with van der Waals surface area (Å²) in [5.41, 5.74) is 2.62. The molecule has 0 saturated heterocycles. The molecule has 116 valence electrons. The lowest BCUT2D eigenvalue weighted by Crippen LogP contribution is -2.05. The molecule has 3 nitrogen and oxygen atoms in total. The van der Waals surface area contributed by atoms with Gasteiger partial charge in [0, 0.05) is 0 Å². The first-order valence-electron chi connectivity index (χ1n) is 7.54. The number of carboxylic acid groups (broad SMARTS) is 1. The van der Waals surface area contributed by atoms with Crippen molar-refractivity contribution < 1.29 is 14.6 Å². The van der Waals surface area contributed by atoms with Gasteiger partial charge < -0.3 is 9.84 Å². The van der Waals surface area contributed by atoms with Gasteiger partial charge in [0.15, 0.2) is 0 Å². The summed E-state index contributed by atoms with van der Waals surface area (Å²) in [7, 11) is 0. The van der Waals surface area contributed by atoms with Gasteiger partial charge in [0.1, 0.15) is 11.9 Å². The number of rotatable bonds is 6. The molecule has 0 bridgehead atoms. The highest BCUT2D eigenvalue weighted by atomic mass is 16.5. The number of ether oxygens (including phenoxy) is 1. The van der Waals surface area contributed by atoms with E-state index in [1.807, 2.05) is 19.1 Å². The zero-order valence-corrected chi connectivity index (χ0v) is 13.2. The van der Waals surface area contributed by atoms with Crippen LogP contribution in [-0.4, -0.2) is 11.1 Å². The molecule has 22 heavy (non-hydrogen) atoms. The van der Waals surface area contributed by atoms with E-state index >= 15 is 0 Å². The van der Waals surface area contributed by atoms with E-state index in [1.54, 1.807) is 24.3 Å². The molecule has 2 rings (SSSR count). The normalized spacial score (nSPS) is 12.2. The zero-order chi connectivity index (χ0) is 16.1. The SMILES string of the molecule is CC(C)Cc1cccc(C(C)Oc2cccc(C(=O)O)c2)c1. The maximum Gasteiger partial charge on any atom is 0.335 e. The van der Waals surface area contributed by atoms with Gasteiger partial charge in [0.2, 0.25) is 0 Å². The highest BCUT2D eigenvalue weighted by Crippen LogP contribution is 2.24. The standard InChI is InChI=1S/C19H22O3/c1-13(2)10-15-6-4-7-16(11-15)14(3)22-18-9-5-8-17(12-18)19(20)21/h4-9,11-14H,10H2,1-3H3,(H,20,21). The van der Waals surface area contributed by atoms with Crippen molar-refractivity contribution in [1.82, 2.24) is 0 Å². The second kappa shape index (κ2) is 7.12. The van der Waals surface area contributed by atoms with E-state index in [0.717, 1.165) is 12.0 Å². The van der Waals surface area contributed by atoms with Gasteiger partial charge in [-0.15, -0.1) is 0 Å². The largest absolute Gasteiger partial charge is 0.486 e. The van der Waals surface area contributed by atoms with Crippen molar-refractivity contribution in [1.29, 1.82) is 0 Å². The summed E-state index contributed by atoms with van der Waals surface area (Å²) < 4.78 is 5.89. The molecule has 0 aliphatic carbocycles. The summed E-state index contributed by atoms with van der Waals surface area (Å²) in [4.78, 5) is 11.0. The van der Waals surface area contributed by atoms with E-state index in [0.29, 0.717) is 11.7 Å². The van der Waals surface area contributed by atoms with Crippen molar-refractivity contribution in [3.8, 4) is 5.75 Å². The Labute approximate surface area is 131 Å². The lowest BCUT2D eigenvalue weighted by Gasteiger charge is -2.17. The molecule has 2 aromatic carbocycles. The molecule has 0 aliphatic heterocycles. The van der Waals surface area contributed by atoms with E-state index in [2.05, 4.69) is 26.0 Å². The van der Waals surface area contributed by atoms with Gasteiger partial charge in [-0.2, -0.15) is 0 Å². The van der Waals surface area contributed by atoms with Crippen molar-refractivity contribution in [2.24, 2.45) is 5.92 Å². The van der Waals surface area contributed by atoms with Gasteiger partial charge in [-0.25, -0.2) is 4.79 Å². The number of benzene rings is 2. The smallest absolute Gasteiger partial charge is 0.335 e. The first kappa shape index (κ1) is 16.1. The second-order valence-corrected chi connectivity index (χ2v) is 5.94. The van der Waals surface area contributed by atoms with Crippen LogP contribution >= 0.6 is 0 Å². The van der Waals surface area contributed by atoms with Gasteiger partial charge in [-0.1, -0.05) is 44.2 Å². The molecule has 0 amide bonds. The van der Waals surface area contributed by atoms with E-state index in [9.17, 15) is 4.79 Å². The van der Waals surface area contributed by atoms with Crippen LogP contribution in [0.4, 0.5) is 0 Å². The highest BCUT2D eigenvalue weighted by Gasteiger charge is 2.10. The molecule has 0 spiro atoms. The molecule has 1 N–H and O–H groups in total. The molecule has 3 heteroatoms. The molecule has 0 aromatic heterocycles. The minimum atomic E-state index is -0.947. The third-order valence-electron chi connectivity index (χ3n) is 3.46. The van der Waals surface area contributed by atoms with E-state index in [-0.39, 0.29) is 11.7 Å². The molecule has 0 radical (unpaired) electrons. The van der Waals surface area contributed by atoms with Gasteiger partial charge in [-0.05, 0) is 48.6 Å². The lowest BCUT2D eigenvalue weighted by atomic mass is 9.99. The molecule has 0 saturated carbocycles. The fraction of sp³-hybridized carbons (Fsp3) is 0.316. The summed E-state index contributed by atoms with van der Waals surface area (Å²) in [5, 5.41) is 9.03. The Morgan fingerprint density at radius 1 is 1.09 bits per heavy atom. The molecule has 0 aliphatic rings. The number of hydrogen-bond acceptors (Lipinski definition) is 2. The summed E-state index contributed by atoms with van der Waals surface area (Å²) in [6, 6.07) is 14.9. The molecule has 1 atom stereocenters. The summed E-state index contributed by atoms with van der Waals surface area (Å²) >= 11 is 0. The van der Waals surface area contributed by atoms with E-state index in [4.69, 9.17) is 9.84 Å². The Kier molecular flexibility index (Phi) is 5.21. The molecule has 0 fully saturated rings. The van der Waals surface area contributed by atoms with Crippen LogP contribution in [0, 0.1) is 5.92 Å². The molecular formula is C19H22O3. The molecule has 0 heterocycles. The predicted octanol–water partition coefficient (Wildman–Crippen LogP) is 4.72. The van der Waals surface area contributed by atoms with Crippen LogP contribution in [0.5, 0.6) is 5.75 Å². The first-order chi connectivity index (χ1) is 10.5. The van der Waals surface area contributed by atoms with Crippen molar-refractivity contribution in [3.63, 3.8) is 0 Å². The molecule has 2 aromatic rings. The maximum atomic E-state index is 11.0. The number of aromatic carboxylic acids is 1. The van der Waals surface area contributed by atoms with Crippen LogP contribution in [0.25, 0.3) is 0 Å². The fourth-order valence-electron chi connectivity index (χ4n) is 2.42. The van der Waals surface area contributed by atoms with Crippen molar-refractivity contribution in [2.45, 2.75) is 33.3 Å². The van der Waals surface area contributed by atoms with Gasteiger partial charge >= 0.3 is 5.97 Å². The van der Waals surface area contributed by atoms with Crippen LogP contribution in [-0.2, 0) is 6.42 Å². The quantitative estimate of drug-likeness (QED) is 0.839. The van der Waals surface area contributed by atoms with Crippen LogP contribution in [0.1, 0.15) is 48.4 Å². The zero-order valence-electron chi connectivity index (χ0n) is 13.2. The van der Waals surface area contributed by atoms with Gasteiger partial charge in [0.05, 0.1) is 5.56 Å². The number of carbonyl (C=O) groups is 1. The van der Waals surface area contributed by atoms with Crippen molar-refractivity contribution >= 4 is 5.97 Å². The van der Waals surface area contributed by atoms with Crippen LogP contribution < -0.4 is 4.74 Å². The van der Waals surface area contributed by atoms with E-state index < -0.39 is 5.97 Å². The molecular weight excluding hydrogens is 276 g/mol. The summed E-state index contributed by atoms with van der Waals surface area (Å²) in [6.45, 7) is 6.37. The minimum Gasteiger partial charge on any atom is -0.486 e. The van der Waals surface area contributed by atoms with Crippen molar-refractivity contribution in [3.05, 3.63) is 65.2 Å². The monoisotopic (exact) mass is 298 g/mol. The van der Waals surface area contributed by atoms with Crippen molar-refractivity contribution in [2.75, 3.05) is 0 Å². The Bertz CT molecular complexity index is 647. The van der Waals surface area contributed by atoms with Gasteiger partial charge in [0.25, 0.3) is 0 Å². The third kappa shape index (κ3) is 4.35. The minimum absolute atomic E-state index is 0.129. The average Bonchev–Trinajstić information content (AvgIpc) is 2.47. The maximum absolute atomic E-state index is 11.0. The summed E-state index contributed by atoms with van der Waals surface area (Å²) in [5.74, 6) is 0.234. The second-order valence-electron chi connectivity index (χ2n) is 5.94. The number of hydrogen-bond donors (Lipinski definition) is 1. The van der Waals surface area contributed by atoms with Crippen LogP contribution in [0.15, 0.2) is 48.5 Å². The Morgan fingerprint density at radius 3 is 2.50 bits per heavy atom. The fourth-order valence-corrected chi connectivity index (χ4v) is 2.42. The lowest BCUT2D eigenvalue weighted by molar-refractivity contribution is 0.0696. The van der Waals surface area contributed by atoms with Crippen LogP contribution in [0.2, 0.25) is 0 Å². The Balaban J connectivity index is 2.13. The third-order valence-corrected chi connectivity index (χ3v) is 3.46. The highest BCUT2D eigenvalue weighted by molar-refractivity contribution is 5.88. The Hall–Kier alpha value is -2.29. The first-order valence-corrected chi connectivity index (χ1v) is 7.54. The summed E-state index contributed by atoms with van der Waals surface area (Å²) in [6.07, 6.45) is 0.908. The molecule has 1 unspecified atom stereocenters. The van der Waals surface area contributed by atoms with Crippen LogP contribution in [0.3, 0.4) is 0 Å². The Morgan fingerprint density at radius 2 is 1.82 bits per heavy atom. The van der Waals surface area contributed by atoms with Gasteiger partial charge in [-0.3, -0.25) is 0 Å². The number of carboxylic acids is 1. The topological polar surface area (TPSA) is 46.5 Å². The average molecular weight is 298 g/mol. The predicted molar refractivity (Wildman–Crippen MR) is 87.4 cm³/mol.